The maximum absolute atomic E-state index is 13.1. The van der Waals surface area contributed by atoms with Crippen LogP contribution < -0.4 is 0 Å². The summed E-state index contributed by atoms with van der Waals surface area (Å²) in [6.07, 6.45) is 3.82. The Bertz CT molecular complexity index is 985. The van der Waals surface area contributed by atoms with Crippen LogP contribution in [0.1, 0.15) is 16.3 Å². The topological polar surface area (TPSA) is 59.2 Å². The first-order chi connectivity index (χ1) is 14.0. The lowest BCUT2D eigenvalue weighted by Gasteiger charge is -2.34. The highest BCUT2D eigenvalue weighted by Crippen LogP contribution is 2.20. The summed E-state index contributed by atoms with van der Waals surface area (Å²) in [6, 6.07) is 7.93. The summed E-state index contributed by atoms with van der Waals surface area (Å²) in [5.41, 5.74) is 2.01. The van der Waals surface area contributed by atoms with E-state index < -0.39 is 0 Å². The van der Waals surface area contributed by atoms with Crippen molar-refractivity contribution in [1.82, 2.24) is 29.1 Å². The van der Waals surface area contributed by atoms with Crippen molar-refractivity contribution in [3.8, 4) is 11.3 Å². The summed E-state index contributed by atoms with van der Waals surface area (Å²) in [5.74, 6) is 0.715. The second-order valence-corrected chi connectivity index (χ2v) is 7.35. The van der Waals surface area contributed by atoms with Crippen LogP contribution >= 0.6 is 0 Å². The molecule has 0 N–H and O–H groups in total. The summed E-state index contributed by atoms with van der Waals surface area (Å²) in [7, 11) is 1.77. The van der Waals surface area contributed by atoms with E-state index in [9.17, 15) is 9.18 Å². The Morgan fingerprint density at radius 1 is 1.10 bits per heavy atom. The van der Waals surface area contributed by atoms with E-state index in [1.807, 2.05) is 24.2 Å². The number of nitrogens with zero attached hydrogens (tertiary/aromatic N) is 6. The van der Waals surface area contributed by atoms with Crippen LogP contribution in [0.25, 0.3) is 11.3 Å². The molecule has 4 rings (SSSR count). The molecule has 1 amide bonds. The van der Waals surface area contributed by atoms with E-state index in [0.717, 1.165) is 37.6 Å². The zero-order valence-corrected chi connectivity index (χ0v) is 16.8. The molecular weight excluding hydrogens is 371 g/mol. The van der Waals surface area contributed by atoms with Gasteiger partial charge in [0.2, 0.25) is 0 Å². The Balaban J connectivity index is 1.36. The number of halogens is 1. The first-order valence-corrected chi connectivity index (χ1v) is 9.80. The molecule has 3 heterocycles. The molecule has 152 valence electrons. The van der Waals surface area contributed by atoms with Gasteiger partial charge >= 0.3 is 0 Å². The lowest BCUT2D eigenvalue weighted by Crippen LogP contribution is -2.49. The minimum atomic E-state index is -0.290. The van der Waals surface area contributed by atoms with Crippen molar-refractivity contribution in [2.24, 2.45) is 7.05 Å². The number of imidazole rings is 1. The molecule has 0 radical (unpaired) electrons. The summed E-state index contributed by atoms with van der Waals surface area (Å²) in [4.78, 5) is 21.5. The second-order valence-electron chi connectivity index (χ2n) is 7.35. The van der Waals surface area contributed by atoms with Crippen LogP contribution in [0.3, 0.4) is 0 Å². The van der Waals surface area contributed by atoms with Crippen molar-refractivity contribution in [3.63, 3.8) is 0 Å². The number of amides is 1. The fourth-order valence-corrected chi connectivity index (χ4v) is 3.65. The molecule has 0 spiro atoms. The van der Waals surface area contributed by atoms with Gasteiger partial charge < -0.3 is 9.47 Å². The van der Waals surface area contributed by atoms with Gasteiger partial charge in [0.15, 0.2) is 0 Å². The van der Waals surface area contributed by atoms with E-state index >= 15 is 0 Å². The molecule has 0 atom stereocenters. The summed E-state index contributed by atoms with van der Waals surface area (Å²) >= 11 is 0. The molecule has 0 aliphatic carbocycles. The number of piperazine rings is 1. The van der Waals surface area contributed by atoms with Gasteiger partial charge in [-0.3, -0.25) is 14.4 Å². The average molecular weight is 396 g/mol. The number of carbonyl (C=O) groups excluding carboxylic acids is 1. The minimum absolute atomic E-state index is 0.0153. The third-order valence-corrected chi connectivity index (χ3v) is 5.48. The Labute approximate surface area is 169 Å². The Hall–Kier alpha value is -3.00. The highest BCUT2D eigenvalue weighted by Gasteiger charge is 2.25. The Kier molecular flexibility index (Phi) is 5.44. The molecule has 29 heavy (non-hydrogen) atoms. The van der Waals surface area contributed by atoms with Crippen molar-refractivity contribution >= 4 is 5.91 Å². The van der Waals surface area contributed by atoms with Gasteiger partial charge in [-0.05, 0) is 37.3 Å². The molecule has 1 fully saturated rings. The third kappa shape index (κ3) is 4.22. The van der Waals surface area contributed by atoms with E-state index in [1.54, 1.807) is 29.9 Å². The Morgan fingerprint density at radius 2 is 1.83 bits per heavy atom. The molecule has 2 aromatic heterocycles. The first kappa shape index (κ1) is 19.3. The zero-order chi connectivity index (χ0) is 20.4. The average Bonchev–Trinajstić information content (AvgIpc) is 3.32. The fourth-order valence-electron chi connectivity index (χ4n) is 3.65. The molecule has 1 saturated heterocycles. The maximum Gasteiger partial charge on any atom is 0.272 e. The van der Waals surface area contributed by atoms with Crippen molar-refractivity contribution in [2.75, 3.05) is 32.7 Å². The van der Waals surface area contributed by atoms with Crippen LogP contribution in [-0.4, -0.2) is 67.8 Å². The van der Waals surface area contributed by atoms with Gasteiger partial charge in [0.05, 0.1) is 5.69 Å². The molecule has 1 aliphatic heterocycles. The molecule has 0 bridgehead atoms. The normalized spacial score (nSPS) is 15.1. The van der Waals surface area contributed by atoms with E-state index in [-0.39, 0.29) is 11.7 Å². The van der Waals surface area contributed by atoms with Gasteiger partial charge in [-0.1, -0.05) is 0 Å². The highest BCUT2D eigenvalue weighted by atomic mass is 19.1. The second kappa shape index (κ2) is 8.16. The standard InChI is InChI=1S/C21H25FN6O/c1-16-23-7-8-27(16)12-9-26-10-13-28(14-11-26)21(29)20-15-19(24-25(20)2)17-3-5-18(22)6-4-17/h3-8,15H,9-14H2,1-2H3. The number of benzene rings is 1. The monoisotopic (exact) mass is 396 g/mol. The number of hydrogen-bond donors (Lipinski definition) is 0. The zero-order valence-electron chi connectivity index (χ0n) is 16.8. The first-order valence-electron chi connectivity index (χ1n) is 9.80. The number of aryl methyl sites for hydroxylation is 2. The third-order valence-electron chi connectivity index (χ3n) is 5.48. The molecule has 1 aliphatic rings. The Morgan fingerprint density at radius 3 is 2.48 bits per heavy atom. The molecule has 1 aromatic carbocycles. The van der Waals surface area contributed by atoms with E-state index in [4.69, 9.17) is 0 Å². The van der Waals surface area contributed by atoms with Gasteiger partial charge in [-0.2, -0.15) is 5.10 Å². The van der Waals surface area contributed by atoms with E-state index in [0.29, 0.717) is 24.5 Å². The van der Waals surface area contributed by atoms with Crippen LogP contribution in [0.2, 0.25) is 0 Å². The minimum Gasteiger partial charge on any atom is -0.335 e. The molecule has 0 unspecified atom stereocenters. The van der Waals surface area contributed by atoms with Crippen molar-refractivity contribution < 1.29 is 9.18 Å². The largest absolute Gasteiger partial charge is 0.335 e. The van der Waals surface area contributed by atoms with Crippen LogP contribution in [0.4, 0.5) is 4.39 Å². The lowest BCUT2D eigenvalue weighted by atomic mass is 10.1. The van der Waals surface area contributed by atoms with Gasteiger partial charge in [-0.15, -0.1) is 0 Å². The molecule has 3 aromatic rings. The van der Waals surface area contributed by atoms with E-state index in [1.165, 1.54) is 12.1 Å². The number of hydrogen-bond acceptors (Lipinski definition) is 4. The quantitative estimate of drug-likeness (QED) is 0.663. The van der Waals surface area contributed by atoms with Gasteiger partial charge in [0.1, 0.15) is 17.3 Å². The molecule has 7 nitrogen and oxygen atoms in total. The van der Waals surface area contributed by atoms with E-state index in [2.05, 4.69) is 19.5 Å². The lowest BCUT2D eigenvalue weighted by molar-refractivity contribution is 0.0622. The summed E-state index contributed by atoms with van der Waals surface area (Å²) in [6.45, 7) is 6.94. The van der Waals surface area contributed by atoms with Crippen molar-refractivity contribution in [2.45, 2.75) is 13.5 Å². The predicted molar refractivity (Wildman–Crippen MR) is 108 cm³/mol. The molecule has 0 saturated carbocycles. The summed E-state index contributed by atoms with van der Waals surface area (Å²) in [5, 5.41) is 4.44. The van der Waals surface area contributed by atoms with Crippen LogP contribution in [0.5, 0.6) is 0 Å². The van der Waals surface area contributed by atoms with Crippen LogP contribution in [0, 0.1) is 12.7 Å². The van der Waals surface area contributed by atoms with Crippen molar-refractivity contribution in [1.29, 1.82) is 0 Å². The maximum atomic E-state index is 13.1. The highest BCUT2D eigenvalue weighted by molar-refractivity contribution is 5.93. The van der Waals surface area contributed by atoms with Gasteiger partial charge in [0.25, 0.3) is 5.91 Å². The van der Waals surface area contributed by atoms with Gasteiger partial charge in [0, 0.05) is 64.3 Å². The number of aromatic nitrogens is 4. The van der Waals surface area contributed by atoms with Crippen LogP contribution in [-0.2, 0) is 13.6 Å². The van der Waals surface area contributed by atoms with Crippen LogP contribution in [0.15, 0.2) is 42.7 Å². The summed E-state index contributed by atoms with van der Waals surface area (Å²) < 4.78 is 16.9. The molecular formula is C21H25FN6O. The fraction of sp³-hybridized carbons (Fsp3) is 0.381. The molecule has 8 heteroatoms. The number of carbonyl (C=O) groups is 1. The number of rotatable bonds is 5. The van der Waals surface area contributed by atoms with Gasteiger partial charge in [-0.25, -0.2) is 9.37 Å². The SMILES string of the molecule is Cc1nccn1CCN1CCN(C(=O)c2cc(-c3ccc(F)cc3)nn2C)CC1. The predicted octanol–water partition coefficient (Wildman–Crippen LogP) is 2.19. The smallest absolute Gasteiger partial charge is 0.272 e. The van der Waals surface area contributed by atoms with Crippen molar-refractivity contribution in [3.05, 3.63) is 60.1 Å².